The fourth-order valence-electron chi connectivity index (χ4n) is 2.67. The lowest BCUT2D eigenvalue weighted by Gasteiger charge is -2.19. The number of aryl methyl sites for hydroxylation is 1. The SMILES string of the molecule is O=C(CCn1ccccc1=O)NCCN1CCCCCC1. The first kappa shape index (κ1) is 15.8. The number of hydrogen-bond donors (Lipinski definition) is 1. The van der Waals surface area contributed by atoms with Crippen LogP contribution in [0.5, 0.6) is 0 Å². The third kappa shape index (κ3) is 5.71. The molecule has 1 aliphatic rings. The molecule has 0 unspecified atom stereocenters. The van der Waals surface area contributed by atoms with Crippen molar-refractivity contribution < 1.29 is 4.79 Å². The van der Waals surface area contributed by atoms with Crippen LogP contribution in [-0.4, -0.2) is 41.6 Å². The summed E-state index contributed by atoms with van der Waals surface area (Å²) in [5.41, 5.74) is -0.0603. The Morgan fingerprint density at radius 1 is 1.10 bits per heavy atom. The van der Waals surface area contributed by atoms with Gasteiger partial charge in [-0.05, 0) is 32.0 Å². The summed E-state index contributed by atoms with van der Waals surface area (Å²) in [4.78, 5) is 25.7. The Morgan fingerprint density at radius 3 is 2.57 bits per heavy atom. The van der Waals surface area contributed by atoms with Gasteiger partial charge in [0.25, 0.3) is 5.56 Å². The summed E-state index contributed by atoms with van der Waals surface area (Å²) in [5, 5.41) is 2.94. The van der Waals surface area contributed by atoms with Crippen LogP contribution >= 0.6 is 0 Å². The van der Waals surface area contributed by atoms with Crippen LogP contribution in [0, 0.1) is 0 Å². The molecule has 1 aromatic rings. The van der Waals surface area contributed by atoms with Crippen LogP contribution in [0.3, 0.4) is 0 Å². The second-order valence-corrected chi connectivity index (χ2v) is 5.59. The van der Waals surface area contributed by atoms with Crippen molar-refractivity contribution in [1.29, 1.82) is 0 Å². The van der Waals surface area contributed by atoms with Gasteiger partial charge in [0, 0.05) is 38.3 Å². The molecular formula is C16H25N3O2. The summed E-state index contributed by atoms with van der Waals surface area (Å²) >= 11 is 0. The highest BCUT2D eigenvalue weighted by atomic mass is 16.1. The van der Waals surface area contributed by atoms with Gasteiger partial charge in [-0.1, -0.05) is 18.9 Å². The average molecular weight is 291 g/mol. The lowest BCUT2D eigenvalue weighted by atomic mass is 10.2. The predicted molar refractivity (Wildman–Crippen MR) is 83.2 cm³/mol. The van der Waals surface area contributed by atoms with Crippen LogP contribution < -0.4 is 10.9 Å². The van der Waals surface area contributed by atoms with Crippen LogP contribution in [-0.2, 0) is 11.3 Å². The molecule has 1 amide bonds. The summed E-state index contributed by atoms with van der Waals surface area (Å²) in [6.45, 7) is 4.36. The van der Waals surface area contributed by atoms with E-state index < -0.39 is 0 Å². The number of carbonyl (C=O) groups excluding carboxylic acids is 1. The Kier molecular flexibility index (Phi) is 6.47. The fourth-order valence-corrected chi connectivity index (χ4v) is 2.67. The van der Waals surface area contributed by atoms with Gasteiger partial charge >= 0.3 is 0 Å². The van der Waals surface area contributed by atoms with Crippen molar-refractivity contribution in [3.8, 4) is 0 Å². The highest BCUT2D eigenvalue weighted by molar-refractivity contribution is 5.75. The summed E-state index contributed by atoms with van der Waals surface area (Å²) in [6.07, 6.45) is 7.26. The zero-order valence-corrected chi connectivity index (χ0v) is 12.6. The topological polar surface area (TPSA) is 54.3 Å². The van der Waals surface area contributed by atoms with E-state index in [2.05, 4.69) is 10.2 Å². The maximum Gasteiger partial charge on any atom is 0.250 e. The van der Waals surface area contributed by atoms with E-state index in [1.807, 2.05) is 0 Å². The molecular weight excluding hydrogens is 266 g/mol. The largest absolute Gasteiger partial charge is 0.355 e. The molecule has 1 saturated heterocycles. The molecule has 0 bridgehead atoms. The summed E-state index contributed by atoms with van der Waals surface area (Å²) < 4.78 is 1.56. The van der Waals surface area contributed by atoms with Crippen molar-refractivity contribution in [2.75, 3.05) is 26.2 Å². The first-order valence-electron chi connectivity index (χ1n) is 7.90. The number of amides is 1. The van der Waals surface area contributed by atoms with E-state index >= 15 is 0 Å². The number of nitrogens with one attached hydrogen (secondary N) is 1. The monoisotopic (exact) mass is 291 g/mol. The molecule has 0 radical (unpaired) electrons. The highest BCUT2D eigenvalue weighted by Gasteiger charge is 2.09. The first-order valence-corrected chi connectivity index (χ1v) is 7.90. The van der Waals surface area contributed by atoms with Crippen LogP contribution in [0.1, 0.15) is 32.1 Å². The first-order chi connectivity index (χ1) is 10.3. The van der Waals surface area contributed by atoms with Gasteiger partial charge < -0.3 is 14.8 Å². The molecule has 1 N–H and O–H groups in total. The van der Waals surface area contributed by atoms with E-state index in [9.17, 15) is 9.59 Å². The summed E-state index contributed by atoms with van der Waals surface area (Å²) in [5.74, 6) is 0.0144. The van der Waals surface area contributed by atoms with Gasteiger partial charge in [-0.15, -0.1) is 0 Å². The molecule has 2 rings (SSSR count). The summed E-state index contributed by atoms with van der Waals surface area (Å²) in [7, 11) is 0. The molecule has 5 nitrogen and oxygen atoms in total. The predicted octanol–water partition coefficient (Wildman–Crippen LogP) is 1.23. The standard InChI is InChI=1S/C16H25N3O2/c20-15(8-13-19-12-6-3-7-16(19)21)17-9-14-18-10-4-1-2-5-11-18/h3,6-7,12H,1-2,4-5,8-11,13-14H2,(H,17,20). The normalized spacial score (nSPS) is 16.4. The maximum absolute atomic E-state index is 11.8. The quantitative estimate of drug-likeness (QED) is 0.858. The molecule has 1 fully saturated rings. The third-order valence-electron chi connectivity index (χ3n) is 3.93. The van der Waals surface area contributed by atoms with E-state index in [0.29, 0.717) is 19.5 Å². The molecule has 0 aliphatic carbocycles. The van der Waals surface area contributed by atoms with Crippen molar-refractivity contribution in [2.24, 2.45) is 0 Å². The number of carbonyl (C=O) groups is 1. The number of hydrogen-bond acceptors (Lipinski definition) is 3. The molecule has 116 valence electrons. The Bertz CT molecular complexity index is 490. The van der Waals surface area contributed by atoms with Gasteiger partial charge in [0.2, 0.25) is 5.91 Å². The third-order valence-corrected chi connectivity index (χ3v) is 3.93. The van der Waals surface area contributed by atoms with E-state index in [-0.39, 0.29) is 11.5 Å². The maximum atomic E-state index is 11.8. The number of likely N-dealkylation sites (tertiary alicyclic amines) is 1. The number of rotatable bonds is 6. The smallest absolute Gasteiger partial charge is 0.250 e. The van der Waals surface area contributed by atoms with Crippen molar-refractivity contribution in [3.63, 3.8) is 0 Å². The van der Waals surface area contributed by atoms with E-state index in [4.69, 9.17) is 0 Å². The Balaban J connectivity index is 1.63. The summed E-state index contributed by atoms with van der Waals surface area (Å²) in [6, 6.07) is 5.02. The van der Waals surface area contributed by atoms with Gasteiger partial charge in [-0.25, -0.2) is 0 Å². The van der Waals surface area contributed by atoms with Crippen LogP contribution in [0.4, 0.5) is 0 Å². The molecule has 1 aromatic heterocycles. The number of pyridine rings is 1. The van der Waals surface area contributed by atoms with Crippen molar-refractivity contribution in [1.82, 2.24) is 14.8 Å². The van der Waals surface area contributed by atoms with Crippen molar-refractivity contribution in [3.05, 3.63) is 34.7 Å². The average Bonchev–Trinajstić information content (AvgIpc) is 2.75. The highest BCUT2D eigenvalue weighted by Crippen LogP contribution is 2.08. The molecule has 21 heavy (non-hydrogen) atoms. The molecule has 0 aromatic carbocycles. The Labute approximate surface area is 126 Å². The van der Waals surface area contributed by atoms with E-state index in [1.165, 1.54) is 31.7 Å². The number of aromatic nitrogens is 1. The zero-order chi connectivity index (χ0) is 14.9. The van der Waals surface area contributed by atoms with Crippen LogP contribution in [0.2, 0.25) is 0 Å². The minimum atomic E-state index is -0.0603. The minimum absolute atomic E-state index is 0.0144. The van der Waals surface area contributed by atoms with Gasteiger partial charge in [-0.2, -0.15) is 0 Å². The van der Waals surface area contributed by atoms with Crippen LogP contribution in [0.15, 0.2) is 29.2 Å². The minimum Gasteiger partial charge on any atom is -0.355 e. The Hall–Kier alpha value is -1.62. The fraction of sp³-hybridized carbons (Fsp3) is 0.625. The number of nitrogens with zero attached hydrogens (tertiary/aromatic N) is 2. The zero-order valence-electron chi connectivity index (χ0n) is 12.6. The molecule has 0 atom stereocenters. The lowest BCUT2D eigenvalue weighted by Crippen LogP contribution is -2.36. The molecule has 5 heteroatoms. The molecule has 1 aliphatic heterocycles. The van der Waals surface area contributed by atoms with Crippen molar-refractivity contribution in [2.45, 2.75) is 38.6 Å². The molecule has 0 spiro atoms. The van der Waals surface area contributed by atoms with Gasteiger partial charge in [-0.3, -0.25) is 9.59 Å². The second kappa shape index (κ2) is 8.62. The van der Waals surface area contributed by atoms with Crippen molar-refractivity contribution >= 4 is 5.91 Å². The van der Waals surface area contributed by atoms with Crippen LogP contribution in [0.25, 0.3) is 0 Å². The van der Waals surface area contributed by atoms with E-state index in [1.54, 1.807) is 22.9 Å². The lowest BCUT2D eigenvalue weighted by molar-refractivity contribution is -0.121. The molecule has 2 heterocycles. The van der Waals surface area contributed by atoms with E-state index in [0.717, 1.165) is 19.6 Å². The second-order valence-electron chi connectivity index (χ2n) is 5.59. The van der Waals surface area contributed by atoms with Gasteiger partial charge in [0.05, 0.1) is 0 Å². The van der Waals surface area contributed by atoms with Gasteiger partial charge in [0.1, 0.15) is 0 Å². The van der Waals surface area contributed by atoms with Gasteiger partial charge in [0.15, 0.2) is 0 Å². The molecule has 0 saturated carbocycles. The Morgan fingerprint density at radius 2 is 1.86 bits per heavy atom.